The molecule has 1 aromatic heterocycles. The molecule has 2 rings (SSSR count). The van der Waals surface area contributed by atoms with E-state index >= 15 is 0 Å². The number of carbonyl (C=O) groups is 1. The number of hydrogen-bond acceptors (Lipinski definition) is 6. The van der Waals surface area contributed by atoms with E-state index in [9.17, 15) is 4.79 Å². The van der Waals surface area contributed by atoms with Gasteiger partial charge in [-0.2, -0.15) is 4.98 Å². The summed E-state index contributed by atoms with van der Waals surface area (Å²) in [6.45, 7) is 4.50. The summed E-state index contributed by atoms with van der Waals surface area (Å²) in [5, 5.41) is 0. The highest BCUT2D eigenvalue weighted by Crippen LogP contribution is 2.25. The van der Waals surface area contributed by atoms with Gasteiger partial charge in [-0.25, -0.2) is 10.8 Å². The SMILES string of the molecule is CC(=O)N1CCN(c2nc(NN)ncc2Br)CC1. The number of aromatic nitrogens is 2. The van der Waals surface area contributed by atoms with Crippen LogP contribution in [-0.4, -0.2) is 47.0 Å². The van der Waals surface area contributed by atoms with Crippen molar-refractivity contribution < 1.29 is 4.79 Å². The van der Waals surface area contributed by atoms with E-state index in [1.807, 2.05) is 4.90 Å². The number of anilines is 2. The first-order valence-electron chi connectivity index (χ1n) is 5.61. The second-order valence-corrected chi connectivity index (χ2v) is 4.86. The van der Waals surface area contributed by atoms with Gasteiger partial charge in [0.15, 0.2) is 0 Å². The van der Waals surface area contributed by atoms with Crippen LogP contribution < -0.4 is 16.2 Å². The van der Waals surface area contributed by atoms with Gasteiger partial charge >= 0.3 is 0 Å². The quantitative estimate of drug-likeness (QED) is 0.598. The number of amides is 1. The summed E-state index contributed by atoms with van der Waals surface area (Å²) < 4.78 is 0.817. The van der Waals surface area contributed by atoms with Gasteiger partial charge in [-0.1, -0.05) is 0 Å². The summed E-state index contributed by atoms with van der Waals surface area (Å²) in [4.78, 5) is 23.5. The Kier molecular flexibility index (Phi) is 3.97. The van der Waals surface area contributed by atoms with E-state index in [1.165, 1.54) is 0 Å². The minimum absolute atomic E-state index is 0.112. The van der Waals surface area contributed by atoms with Crippen LogP contribution in [0.4, 0.5) is 11.8 Å². The zero-order valence-electron chi connectivity index (χ0n) is 10.1. The first-order chi connectivity index (χ1) is 8.61. The monoisotopic (exact) mass is 314 g/mol. The van der Waals surface area contributed by atoms with Crippen LogP contribution in [0.5, 0.6) is 0 Å². The molecule has 1 fully saturated rings. The third-order valence-corrected chi connectivity index (χ3v) is 3.44. The van der Waals surface area contributed by atoms with Gasteiger partial charge in [0, 0.05) is 39.3 Å². The Bertz CT molecular complexity index is 446. The molecule has 1 aromatic rings. The number of hydrogen-bond donors (Lipinski definition) is 2. The Morgan fingerprint density at radius 1 is 1.44 bits per heavy atom. The third kappa shape index (κ3) is 2.70. The zero-order chi connectivity index (χ0) is 13.1. The summed E-state index contributed by atoms with van der Waals surface area (Å²) in [6, 6.07) is 0. The van der Waals surface area contributed by atoms with E-state index in [0.29, 0.717) is 19.0 Å². The predicted octanol–water partition coefficient (Wildman–Crippen LogP) is 0.193. The lowest BCUT2D eigenvalue weighted by molar-refractivity contribution is -0.129. The molecule has 0 spiro atoms. The van der Waals surface area contributed by atoms with Gasteiger partial charge in [-0.3, -0.25) is 10.2 Å². The van der Waals surface area contributed by atoms with Crippen molar-refractivity contribution >= 4 is 33.6 Å². The van der Waals surface area contributed by atoms with Crippen molar-refractivity contribution in [1.82, 2.24) is 14.9 Å². The first-order valence-corrected chi connectivity index (χ1v) is 6.40. The number of nitrogen functional groups attached to an aromatic ring is 1. The smallest absolute Gasteiger partial charge is 0.239 e. The average molecular weight is 315 g/mol. The maximum Gasteiger partial charge on any atom is 0.239 e. The molecule has 3 N–H and O–H groups in total. The van der Waals surface area contributed by atoms with Crippen molar-refractivity contribution in [1.29, 1.82) is 0 Å². The number of rotatable bonds is 2. The maximum absolute atomic E-state index is 11.3. The molecule has 0 bridgehead atoms. The molecule has 1 amide bonds. The fourth-order valence-corrected chi connectivity index (χ4v) is 2.32. The summed E-state index contributed by atoms with van der Waals surface area (Å²) in [6.07, 6.45) is 1.66. The van der Waals surface area contributed by atoms with Crippen LogP contribution in [-0.2, 0) is 4.79 Å². The Morgan fingerprint density at radius 2 is 2.11 bits per heavy atom. The topological polar surface area (TPSA) is 87.4 Å². The van der Waals surface area contributed by atoms with E-state index in [4.69, 9.17) is 5.84 Å². The predicted molar refractivity (Wildman–Crippen MR) is 72.0 cm³/mol. The van der Waals surface area contributed by atoms with E-state index in [-0.39, 0.29) is 5.91 Å². The molecule has 8 heteroatoms. The number of hydrazine groups is 1. The fraction of sp³-hybridized carbons (Fsp3) is 0.500. The average Bonchev–Trinajstić information content (AvgIpc) is 2.39. The molecule has 18 heavy (non-hydrogen) atoms. The highest BCUT2D eigenvalue weighted by atomic mass is 79.9. The Hall–Kier alpha value is -1.41. The molecule has 1 aliphatic rings. The second-order valence-electron chi connectivity index (χ2n) is 4.00. The van der Waals surface area contributed by atoms with Gasteiger partial charge in [0.2, 0.25) is 11.9 Å². The molecule has 7 nitrogen and oxygen atoms in total. The van der Waals surface area contributed by atoms with Crippen molar-refractivity contribution in [2.45, 2.75) is 6.92 Å². The van der Waals surface area contributed by atoms with Crippen LogP contribution in [0.25, 0.3) is 0 Å². The number of nitrogens with two attached hydrogens (primary N) is 1. The number of halogens is 1. The molecule has 1 aliphatic heterocycles. The van der Waals surface area contributed by atoms with Crippen molar-refractivity contribution in [2.24, 2.45) is 5.84 Å². The molecular weight excluding hydrogens is 300 g/mol. The molecule has 1 saturated heterocycles. The Labute approximate surface area is 113 Å². The molecule has 0 saturated carbocycles. The lowest BCUT2D eigenvalue weighted by Gasteiger charge is -2.35. The first kappa shape index (κ1) is 13.0. The van der Waals surface area contributed by atoms with Gasteiger partial charge in [-0.15, -0.1) is 0 Å². The largest absolute Gasteiger partial charge is 0.352 e. The van der Waals surface area contributed by atoms with E-state index < -0.39 is 0 Å². The number of nitrogens with zero attached hydrogens (tertiary/aromatic N) is 4. The van der Waals surface area contributed by atoms with Gasteiger partial charge in [0.05, 0.1) is 4.47 Å². The molecule has 0 aliphatic carbocycles. The lowest BCUT2D eigenvalue weighted by Crippen LogP contribution is -2.48. The summed E-state index contributed by atoms with van der Waals surface area (Å²) in [5.41, 5.74) is 2.43. The fourth-order valence-electron chi connectivity index (χ4n) is 1.88. The molecule has 2 heterocycles. The maximum atomic E-state index is 11.3. The van der Waals surface area contributed by atoms with Gasteiger partial charge < -0.3 is 9.80 Å². The minimum Gasteiger partial charge on any atom is -0.352 e. The zero-order valence-corrected chi connectivity index (χ0v) is 11.6. The normalized spacial score (nSPS) is 15.7. The molecule has 98 valence electrons. The number of piperazine rings is 1. The molecule has 0 atom stereocenters. The minimum atomic E-state index is 0.112. The molecular formula is C10H15BrN6O. The van der Waals surface area contributed by atoms with E-state index in [2.05, 4.69) is 36.2 Å². The summed E-state index contributed by atoms with van der Waals surface area (Å²) in [7, 11) is 0. The highest BCUT2D eigenvalue weighted by molar-refractivity contribution is 9.10. The van der Waals surface area contributed by atoms with E-state index in [1.54, 1.807) is 13.1 Å². The summed E-state index contributed by atoms with van der Waals surface area (Å²) in [5.74, 6) is 6.58. The van der Waals surface area contributed by atoms with Gasteiger partial charge in [0.25, 0.3) is 0 Å². The van der Waals surface area contributed by atoms with Crippen LogP contribution in [0.15, 0.2) is 10.7 Å². The Balaban J connectivity index is 2.11. The Morgan fingerprint density at radius 3 is 2.67 bits per heavy atom. The van der Waals surface area contributed by atoms with Crippen molar-refractivity contribution in [3.63, 3.8) is 0 Å². The second kappa shape index (κ2) is 5.49. The lowest BCUT2D eigenvalue weighted by atomic mass is 10.3. The van der Waals surface area contributed by atoms with Crippen molar-refractivity contribution in [3.8, 4) is 0 Å². The van der Waals surface area contributed by atoms with Gasteiger partial charge in [0.1, 0.15) is 5.82 Å². The standard InChI is InChI=1S/C10H15BrN6O/c1-7(18)16-2-4-17(5-3-16)9-8(11)6-13-10(14-9)15-12/h6H,2-5,12H2,1H3,(H,13,14,15). The molecule has 0 radical (unpaired) electrons. The number of nitrogens with one attached hydrogen (secondary N) is 1. The van der Waals surface area contributed by atoms with Crippen molar-refractivity contribution in [2.75, 3.05) is 36.5 Å². The molecule has 0 aromatic carbocycles. The van der Waals surface area contributed by atoms with Crippen LogP contribution in [0.3, 0.4) is 0 Å². The van der Waals surface area contributed by atoms with Crippen LogP contribution >= 0.6 is 15.9 Å². The molecule has 0 unspecified atom stereocenters. The van der Waals surface area contributed by atoms with Gasteiger partial charge in [-0.05, 0) is 15.9 Å². The summed E-state index contributed by atoms with van der Waals surface area (Å²) >= 11 is 3.42. The van der Waals surface area contributed by atoms with Crippen molar-refractivity contribution in [3.05, 3.63) is 10.7 Å². The number of carbonyl (C=O) groups excluding carboxylic acids is 1. The van der Waals surface area contributed by atoms with Crippen LogP contribution in [0, 0.1) is 0 Å². The van der Waals surface area contributed by atoms with Crippen LogP contribution in [0.1, 0.15) is 6.92 Å². The van der Waals surface area contributed by atoms with E-state index in [0.717, 1.165) is 23.4 Å². The van der Waals surface area contributed by atoms with Crippen LogP contribution in [0.2, 0.25) is 0 Å². The third-order valence-electron chi connectivity index (χ3n) is 2.88. The highest BCUT2D eigenvalue weighted by Gasteiger charge is 2.21.